The third-order valence-corrected chi connectivity index (χ3v) is 27.5. The lowest BCUT2D eigenvalue weighted by molar-refractivity contribution is 0.568. The molecule has 0 saturated carbocycles. The number of hydrogen-bond donors (Lipinski definition) is 0. The molecule has 0 aliphatic heterocycles. The first-order chi connectivity index (χ1) is 59.6. The second kappa shape index (κ2) is 33.0. The van der Waals surface area contributed by atoms with E-state index in [-0.39, 0.29) is 59.6 Å². The van der Waals surface area contributed by atoms with E-state index in [4.69, 9.17) is 0 Å². The van der Waals surface area contributed by atoms with Gasteiger partial charge in [-0.05, 0) is 295 Å². The summed E-state index contributed by atoms with van der Waals surface area (Å²) in [5, 5.41) is 0. The molecule has 0 radical (unpaired) electrons. The van der Waals surface area contributed by atoms with E-state index in [9.17, 15) is 0 Å². The van der Waals surface area contributed by atoms with Crippen LogP contribution < -0.4 is 9.80 Å². The molecule has 0 bridgehead atoms. The predicted molar refractivity (Wildman–Crippen MR) is 558 cm³/mol. The Bertz CT molecular complexity index is 6380. The number of hydrogen-bond acceptors (Lipinski definition) is 2. The van der Waals surface area contributed by atoms with Gasteiger partial charge >= 0.3 is 0 Å². The average Bonchev–Trinajstić information content (AvgIpc) is 1.58. The zero-order chi connectivity index (χ0) is 92.5. The van der Waals surface area contributed by atoms with Crippen molar-refractivity contribution in [2.45, 2.75) is 274 Å². The normalized spacial score (nSPS) is 13.9. The van der Waals surface area contributed by atoms with Crippen molar-refractivity contribution in [2.24, 2.45) is 0 Å². The Morgan fingerprint density at radius 3 is 0.617 bits per heavy atom. The van der Waals surface area contributed by atoms with Crippen LogP contribution in [0.2, 0.25) is 0 Å². The molecule has 0 amide bonds. The molecule has 2 aliphatic carbocycles. The highest BCUT2D eigenvalue weighted by atomic mass is 15.1. The van der Waals surface area contributed by atoms with Crippen LogP contribution in [-0.2, 0) is 59.6 Å². The third-order valence-electron chi connectivity index (χ3n) is 27.5. The largest absolute Gasteiger partial charge is 0.310 e. The summed E-state index contributed by atoms with van der Waals surface area (Å²) in [6, 6.07) is 114. The van der Waals surface area contributed by atoms with E-state index in [1.165, 1.54) is 161 Å². The minimum atomic E-state index is -0.111. The molecule has 2 heteroatoms. The Kier molecular flexibility index (Phi) is 23.6. The molecule has 0 heterocycles. The van der Waals surface area contributed by atoms with Crippen molar-refractivity contribution in [1.82, 2.24) is 0 Å². The zero-order valence-corrected chi connectivity index (χ0v) is 83.2. The Morgan fingerprint density at radius 1 is 0.148 bits per heavy atom. The predicted octanol–water partition coefficient (Wildman–Crippen LogP) is 36.6. The smallest absolute Gasteiger partial charge is 0.0465 e. The maximum Gasteiger partial charge on any atom is 0.0465 e. The Morgan fingerprint density at radius 2 is 0.352 bits per heavy atom. The van der Waals surface area contributed by atoms with Gasteiger partial charge in [0.25, 0.3) is 0 Å². The minimum absolute atomic E-state index is 0.0166. The SMILES string of the molecule is CC(C)(C)c1cc(-c2ccc(N(c3ccc(-c4cc(C(C)(C)C)cc(C(C)(C)C)c4)cc3)c3ccc4c(c3)C(C)(C)c3ccccc3-4)cc2)cc(-c2cc(C(C)(C)C)cc(C(C)(C)C)c2)c1.CC(C)(C)c1cccc(-c2ccc(N(c3ccc(-c4cc(-c5cc(C(C)(C)C)cc(C(C)(C)C)c5)cc(C(C)(C)C)c4)cc3)c3ccc4c(c3)C(C)(C)c3ccccc3-4)cc2)c1. The number of nitrogens with zero attached hydrogens (tertiary/aromatic N) is 2. The topological polar surface area (TPSA) is 6.48 Å². The molecular weight excluding hydrogens is 1540 g/mol. The van der Waals surface area contributed by atoms with Gasteiger partial charge in [-0.25, -0.2) is 0 Å². The van der Waals surface area contributed by atoms with Crippen LogP contribution in [0.1, 0.15) is 287 Å². The maximum absolute atomic E-state index is 2.45. The van der Waals surface area contributed by atoms with Crippen molar-refractivity contribution in [3.05, 3.63) is 370 Å². The Labute approximate surface area is 771 Å². The minimum Gasteiger partial charge on any atom is -0.310 e. The summed E-state index contributed by atoms with van der Waals surface area (Å²) in [6.45, 7) is 72.1. The lowest BCUT2D eigenvalue weighted by Gasteiger charge is -2.29. The van der Waals surface area contributed by atoms with E-state index in [0.717, 1.165) is 34.1 Å². The van der Waals surface area contributed by atoms with Crippen LogP contribution in [0.5, 0.6) is 0 Å². The summed E-state index contributed by atoms with van der Waals surface area (Å²) in [6.07, 6.45) is 0. The summed E-state index contributed by atoms with van der Waals surface area (Å²) < 4.78 is 0. The molecule has 128 heavy (non-hydrogen) atoms. The van der Waals surface area contributed by atoms with E-state index < -0.39 is 0 Å². The van der Waals surface area contributed by atoms with Crippen molar-refractivity contribution >= 4 is 34.1 Å². The molecule has 0 unspecified atom stereocenters. The highest BCUT2D eigenvalue weighted by Gasteiger charge is 2.39. The lowest BCUT2D eigenvalue weighted by Crippen LogP contribution is -2.17. The fourth-order valence-corrected chi connectivity index (χ4v) is 18.7. The molecule has 0 saturated heterocycles. The molecule has 0 atom stereocenters. The molecule has 14 aromatic rings. The summed E-state index contributed by atoms with van der Waals surface area (Å²) >= 11 is 0. The lowest BCUT2D eigenvalue weighted by atomic mass is 9.78. The highest BCUT2D eigenvalue weighted by molar-refractivity contribution is 5.90. The van der Waals surface area contributed by atoms with Gasteiger partial charge in [-0.3, -0.25) is 0 Å². The highest BCUT2D eigenvalue weighted by Crippen LogP contribution is 2.54. The molecule has 0 N–H and O–H groups in total. The van der Waals surface area contributed by atoms with Gasteiger partial charge in [0, 0.05) is 45.0 Å². The van der Waals surface area contributed by atoms with Crippen molar-refractivity contribution in [2.75, 3.05) is 9.80 Å². The Hall–Kier alpha value is -11.3. The van der Waals surface area contributed by atoms with Gasteiger partial charge in [-0.2, -0.15) is 0 Å². The van der Waals surface area contributed by atoms with E-state index in [0.29, 0.717) is 0 Å². The first-order valence-electron chi connectivity index (χ1n) is 47.0. The van der Waals surface area contributed by atoms with Crippen molar-refractivity contribution in [3.8, 4) is 89.0 Å². The molecule has 0 fully saturated rings. The first kappa shape index (κ1) is 91.4. The van der Waals surface area contributed by atoms with Gasteiger partial charge in [0.05, 0.1) is 0 Å². The van der Waals surface area contributed by atoms with Gasteiger partial charge in [-0.15, -0.1) is 0 Å². The van der Waals surface area contributed by atoms with E-state index in [1.54, 1.807) is 0 Å². The van der Waals surface area contributed by atoms with Gasteiger partial charge in [0.2, 0.25) is 0 Å². The molecule has 14 aromatic carbocycles. The molecule has 2 nitrogen and oxygen atoms in total. The van der Waals surface area contributed by atoms with Crippen LogP contribution in [0.15, 0.2) is 297 Å². The summed E-state index contributed by atoms with van der Waals surface area (Å²) in [5.74, 6) is 0. The fourth-order valence-electron chi connectivity index (χ4n) is 18.7. The fraction of sp³-hybridized carbons (Fsp3) is 0.333. The molecule has 656 valence electrons. The van der Waals surface area contributed by atoms with E-state index in [2.05, 4.69) is 522 Å². The summed E-state index contributed by atoms with van der Waals surface area (Å²) in [7, 11) is 0. The standard InChI is InChI=1S/C65H75N.C61H67N/c1-60(2,3)48-33-44(32-45(34-48)47-37-51(63(10,11)12)40-52(38-47)64(13,14)15)42-22-26-53(27-23-42)66(55-30-31-57-56-20-18-19-21-58(56)65(16,17)59(57)41-55)54-28-24-43(25-29-54)46-35-49(61(4,5)6)39-50(36-46)62(7,8)9;1-57(2,3)46-19-17-18-42(33-46)40-22-26-50(27-23-40)62(52-30-31-54-53-20-15-16-21-55(53)61(13,14)56(54)39-52)51-28-24-41(25-29-51)43-32-44(35-47(34-43)58(4,5)6)45-36-48(59(7,8)9)38-49(37-45)60(10,11)12/h18-41H,1-17H3;15-39H,1-14H3. The van der Waals surface area contributed by atoms with E-state index >= 15 is 0 Å². The molecular formula is C126H142N2. The quantitative estimate of drug-likeness (QED) is 0.120. The van der Waals surface area contributed by atoms with Crippen LogP contribution in [0.4, 0.5) is 34.1 Å². The van der Waals surface area contributed by atoms with Crippen molar-refractivity contribution in [3.63, 3.8) is 0 Å². The monoisotopic (exact) mass is 1680 g/mol. The third kappa shape index (κ3) is 18.8. The summed E-state index contributed by atoms with van der Waals surface area (Å²) in [5.41, 5.74) is 45.0. The average molecular weight is 1680 g/mol. The molecule has 0 spiro atoms. The van der Waals surface area contributed by atoms with Crippen LogP contribution in [0.25, 0.3) is 89.0 Å². The second-order valence-electron chi connectivity index (χ2n) is 47.5. The van der Waals surface area contributed by atoms with Crippen LogP contribution in [0.3, 0.4) is 0 Å². The number of benzene rings is 14. The number of fused-ring (bicyclic) bond motifs is 6. The van der Waals surface area contributed by atoms with Crippen molar-refractivity contribution in [1.29, 1.82) is 0 Å². The van der Waals surface area contributed by atoms with Gasteiger partial charge in [0.1, 0.15) is 0 Å². The second-order valence-corrected chi connectivity index (χ2v) is 47.5. The van der Waals surface area contributed by atoms with Gasteiger partial charge in [-0.1, -0.05) is 427 Å². The number of rotatable bonds is 12. The van der Waals surface area contributed by atoms with Crippen molar-refractivity contribution < 1.29 is 0 Å². The Balaban J connectivity index is 0.000000197. The van der Waals surface area contributed by atoms with Crippen LogP contribution in [0, 0.1) is 0 Å². The summed E-state index contributed by atoms with van der Waals surface area (Å²) in [4.78, 5) is 4.88. The molecule has 2 aliphatic rings. The van der Waals surface area contributed by atoms with Crippen LogP contribution in [-0.4, -0.2) is 0 Å². The number of anilines is 6. The maximum atomic E-state index is 2.45. The van der Waals surface area contributed by atoms with Gasteiger partial charge in [0.15, 0.2) is 0 Å². The molecule has 0 aromatic heterocycles. The zero-order valence-electron chi connectivity index (χ0n) is 83.2. The molecule has 16 rings (SSSR count). The first-order valence-corrected chi connectivity index (χ1v) is 47.0. The van der Waals surface area contributed by atoms with Crippen LogP contribution >= 0.6 is 0 Å². The van der Waals surface area contributed by atoms with E-state index in [1.807, 2.05) is 0 Å². The van der Waals surface area contributed by atoms with Gasteiger partial charge < -0.3 is 9.80 Å².